The lowest BCUT2D eigenvalue weighted by Crippen LogP contribution is -2.62. The lowest BCUT2D eigenvalue weighted by atomic mass is 9.79. The zero-order valence-electron chi connectivity index (χ0n) is 13.4. The number of hydrogen-bond donors (Lipinski definition) is 3. The topological polar surface area (TPSA) is 59.3 Å². The van der Waals surface area contributed by atoms with Crippen molar-refractivity contribution in [3.05, 3.63) is 0 Å². The Labute approximate surface area is 118 Å². The van der Waals surface area contributed by atoms with Crippen LogP contribution in [0.4, 0.5) is 0 Å². The molecule has 0 aromatic carbocycles. The largest absolute Gasteiger partial charge is 0.383 e. The number of hydrogen-bond acceptors (Lipinski definition) is 4. The fourth-order valence-corrected chi connectivity index (χ4v) is 3.55. The third-order valence-corrected chi connectivity index (χ3v) is 3.79. The lowest BCUT2D eigenvalue weighted by Gasteiger charge is -2.47. The summed E-state index contributed by atoms with van der Waals surface area (Å²) in [6.45, 7) is 10.7. The second kappa shape index (κ2) is 7.02. The fourth-order valence-electron chi connectivity index (χ4n) is 3.55. The van der Waals surface area contributed by atoms with Gasteiger partial charge in [0.2, 0.25) is 0 Å². The van der Waals surface area contributed by atoms with Crippen molar-refractivity contribution in [3.63, 3.8) is 0 Å². The number of rotatable bonds is 7. The molecule has 1 aliphatic rings. The summed E-state index contributed by atoms with van der Waals surface area (Å²) in [7, 11) is 1.77. The first kappa shape index (κ1) is 16.9. The molecule has 1 heterocycles. The van der Waals surface area contributed by atoms with Gasteiger partial charge in [0.1, 0.15) is 0 Å². The molecule has 0 saturated carbocycles. The molecule has 0 spiro atoms. The molecule has 0 aromatic rings. The van der Waals surface area contributed by atoms with Crippen molar-refractivity contribution >= 4 is 0 Å². The lowest BCUT2D eigenvalue weighted by molar-refractivity contribution is 0.112. The average molecular weight is 271 g/mol. The molecule has 4 heteroatoms. The van der Waals surface area contributed by atoms with Crippen LogP contribution in [0.2, 0.25) is 0 Å². The molecule has 1 saturated heterocycles. The summed E-state index contributed by atoms with van der Waals surface area (Å²) in [6.07, 6.45) is 4.45. The Hall–Kier alpha value is -0.160. The number of piperidine rings is 1. The van der Waals surface area contributed by atoms with Crippen molar-refractivity contribution in [2.45, 2.75) is 76.5 Å². The number of nitrogens with one attached hydrogen (secondary N) is 2. The normalized spacial score (nSPS) is 24.3. The zero-order valence-corrected chi connectivity index (χ0v) is 13.4. The van der Waals surface area contributed by atoms with Gasteiger partial charge in [-0.05, 0) is 59.9 Å². The number of ether oxygens (including phenoxy) is 1. The van der Waals surface area contributed by atoms with E-state index in [0.29, 0.717) is 12.1 Å². The summed E-state index contributed by atoms with van der Waals surface area (Å²) >= 11 is 0. The highest BCUT2D eigenvalue weighted by Gasteiger charge is 2.38. The molecule has 19 heavy (non-hydrogen) atoms. The Kier molecular flexibility index (Phi) is 6.24. The minimum Gasteiger partial charge on any atom is -0.383 e. The number of methoxy groups -OCH3 is 1. The summed E-state index contributed by atoms with van der Waals surface area (Å²) in [4.78, 5) is 0. The van der Waals surface area contributed by atoms with Gasteiger partial charge in [-0.1, -0.05) is 0 Å². The van der Waals surface area contributed by atoms with Crippen molar-refractivity contribution in [1.29, 1.82) is 0 Å². The van der Waals surface area contributed by atoms with E-state index < -0.39 is 0 Å². The van der Waals surface area contributed by atoms with Crippen LogP contribution in [-0.2, 0) is 4.74 Å². The van der Waals surface area contributed by atoms with Crippen LogP contribution in [0.5, 0.6) is 0 Å². The van der Waals surface area contributed by atoms with Gasteiger partial charge in [-0.3, -0.25) is 0 Å². The Morgan fingerprint density at radius 2 is 1.84 bits per heavy atom. The number of nitrogens with two attached hydrogens (primary N) is 1. The first-order valence-electron chi connectivity index (χ1n) is 7.52. The molecular formula is C15H33N3O. The first-order valence-corrected chi connectivity index (χ1v) is 7.52. The summed E-state index contributed by atoms with van der Waals surface area (Å²) in [5.41, 5.74) is 5.98. The van der Waals surface area contributed by atoms with Crippen molar-refractivity contribution < 1.29 is 4.74 Å². The van der Waals surface area contributed by atoms with Crippen molar-refractivity contribution in [3.8, 4) is 0 Å². The summed E-state index contributed by atoms with van der Waals surface area (Å²) in [5, 5.41) is 7.50. The molecular weight excluding hydrogens is 238 g/mol. The molecule has 114 valence electrons. The van der Waals surface area contributed by atoms with Gasteiger partial charge in [0.25, 0.3) is 0 Å². The van der Waals surface area contributed by atoms with Crippen LogP contribution in [0.25, 0.3) is 0 Å². The predicted molar refractivity (Wildman–Crippen MR) is 81.4 cm³/mol. The monoisotopic (exact) mass is 271 g/mol. The fraction of sp³-hybridized carbons (Fsp3) is 1.00. The van der Waals surface area contributed by atoms with E-state index in [1.165, 1.54) is 0 Å². The van der Waals surface area contributed by atoms with E-state index in [4.69, 9.17) is 10.5 Å². The summed E-state index contributed by atoms with van der Waals surface area (Å²) < 4.78 is 5.33. The van der Waals surface area contributed by atoms with E-state index in [1.807, 2.05) is 0 Å². The van der Waals surface area contributed by atoms with E-state index in [2.05, 4.69) is 38.3 Å². The Bertz CT molecular complexity index is 250. The molecule has 1 rings (SSSR count). The van der Waals surface area contributed by atoms with Gasteiger partial charge in [0, 0.05) is 30.3 Å². The minimum absolute atomic E-state index is 0.185. The highest BCUT2D eigenvalue weighted by molar-refractivity contribution is 5.00. The molecule has 4 N–H and O–H groups in total. The minimum atomic E-state index is 0.185. The van der Waals surface area contributed by atoms with Crippen molar-refractivity contribution in [1.82, 2.24) is 10.6 Å². The quantitative estimate of drug-likeness (QED) is 0.659. The third-order valence-electron chi connectivity index (χ3n) is 3.79. The van der Waals surface area contributed by atoms with Crippen LogP contribution in [-0.4, -0.2) is 43.4 Å². The molecule has 1 aliphatic heterocycles. The smallest absolute Gasteiger partial charge is 0.0615 e. The van der Waals surface area contributed by atoms with E-state index in [1.54, 1.807) is 7.11 Å². The van der Waals surface area contributed by atoms with Crippen LogP contribution in [0.1, 0.15) is 53.4 Å². The van der Waals surface area contributed by atoms with Gasteiger partial charge in [0.05, 0.1) is 6.61 Å². The van der Waals surface area contributed by atoms with Crippen molar-refractivity contribution in [2.24, 2.45) is 5.73 Å². The second-order valence-electron chi connectivity index (χ2n) is 7.25. The van der Waals surface area contributed by atoms with Crippen LogP contribution >= 0.6 is 0 Å². The molecule has 1 unspecified atom stereocenters. The van der Waals surface area contributed by atoms with Crippen LogP contribution < -0.4 is 16.4 Å². The van der Waals surface area contributed by atoms with Gasteiger partial charge in [-0.25, -0.2) is 0 Å². The average Bonchev–Trinajstić information content (AvgIpc) is 2.21. The van der Waals surface area contributed by atoms with Crippen molar-refractivity contribution in [2.75, 3.05) is 20.3 Å². The highest BCUT2D eigenvalue weighted by Crippen LogP contribution is 2.28. The molecule has 0 amide bonds. The summed E-state index contributed by atoms with van der Waals surface area (Å²) in [5.74, 6) is 0. The van der Waals surface area contributed by atoms with Gasteiger partial charge in [-0.2, -0.15) is 0 Å². The summed E-state index contributed by atoms with van der Waals surface area (Å²) in [6, 6.07) is 0.965. The zero-order chi connectivity index (χ0) is 14.5. The first-order chi connectivity index (χ1) is 8.78. The van der Waals surface area contributed by atoms with E-state index >= 15 is 0 Å². The molecule has 0 aromatic heterocycles. The Morgan fingerprint density at radius 3 is 2.32 bits per heavy atom. The van der Waals surface area contributed by atoms with Crippen LogP contribution in [0.15, 0.2) is 0 Å². The molecule has 4 nitrogen and oxygen atoms in total. The van der Waals surface area contributed by atoms with Gasteiger partial charge in [-0.15, -0.1) is 0 Å². The van der Waals surface area contributed by atoms with Crippen LogP contribution in [0, 0.1) is 0 Å². The van der Waals surface area contributed by atoms with Gasteiger partial charge >= 0.3 is 0 Å². The van der Waals surface area contributed by atoms with Crippen LogP contribution in [0.3, 0.4) is 0 Å². The van der Waals surface area contributed by atoms with E-state index in [9.17, 15) is 0 Å². The van der Waals surface area contributed by atoms with Gasteiger partial charge in [0.15, 0.2) is 0 Å². The Morgan fingerprint density at radius 1 is 1.26 bits per heavy atom. The maximum atomic E-state index is 5.61. The molecule has 1 atom stereocenters. The second-order valence-corrected chi connectivity index (χ2v) is 7.25. The highest BCUT2D eigenvalue weighted by atomic mass is 16.5. The predicted octanol–water partition coefficient (Wildman–Crippen LogP) is 1.64. The molecule has 0 radical (unpaired) electrons. The van der Waals surface area contributed by atoms with Gasteiger partial charge < -0.3 is 21.1 Å². The molecule has 0 bridgehead atoms. The third kappa shape index (κ3) is 6.21. The molecule has 1 fully saturated rings. The molecule has 0 aliphatic carbocycles. The maximum Gasteiger partial charge on any atom is 0.0615 e. The standard InChI is InChI=1S/C15H33N3O/c1-14(2)9-13(10-15(3,4)18-14)17-12(11-19-5)7-6-8-16/h12-13,17-18H,6-11,16H2,1-5H3. The van der Waals surface area contributed by atoms with E-state index in [-0.39, 0.29) is 11.1 Å². The SMILES string of the molecule is COCC(CCCN)NC1CC(C)(C)NC(C)(C)C1. The maximum absolute atomic E-state index is 5.61. The van der Waals surface area contributed by atoms with E-state index in [0.717, 1.165) is 38.8 Å². The Balaban J connectivity index is 2.56.